The van der Waals surface area contributed by atoms with Crippen molar-refractivity contribution < 1.29 is 0 Å². The summed E-state index contributed by atoms with van der Waals surface area (Å²) in [7, 11) is 0. The van der Waals surface area contributed by atoms with Crippen LogP contribution in [0.25, 0.3) is 0 Å². The zero-order valence-corrected chi connectivity index (χ0v) is 8.18. The van der Waals surface area contributed by atoms with Crippen LogP contribution in [0.1, 0.15) is 45.4 Å². The molecule has 70 valence electrons. The predicted octanol–water partition coefficient (Wildman–Crippen LogP) is 2.86. The van der Waals surface area contributed by atoms with Crippen molar-refractivity contribution in [1.82, 2.24) is 0 Å². The molecule has 1 rings (SSSR count). The van der Waals surface area contributed by atoms with Gasteiger partial charge in [0.25, 0.3) is 0 Å². The van der Waals surface area contributed by atoms with Crippen molar-refractivity contribution in [3.63, 3.8) is 0 Å². The molecule has 1 aliphatic carbocycles. The summed E-state index contributed by atoms with van der Waals surface area (Å²) in [6, 6.07) is 0. The molecule has 0 spiro atoms. The first-order valence-corrected chi connectivity index (χ1v) is 5.20. The molecule has 0 amide bonds. The van der Waals surface area contributed by atoms with Gasteiger partial charge in [-0.05, 0) is 25.7 Å². The van der Waals surface area contributed by atoms with Crippen LogP contribution in [0, 0.1) is 5.92 Å². The van der Waals surface area contributed by atoms with Gasteiger partial charge in [0.1, 0.15) is 0 Å². The summed E-state index contributed by atoms with van der Waals surface area (Å²) >= 11 is 0. The van der Waals surface area contributed by atoms with Crippen LogP contribution in [-0.4, -0.2) is 6.54 Å². The zero-order chi connectivity index (χ0) is 8.81. The molecule has 1 nitrogen and oxygen atoms in total. The molecule has 1 fully saturated rings. The maximum absolute atomic E-state index is 5.56. The lowest BCUT2D eigenvalue weighted by molar-refractivity contribution is 0.555. The molecule has 0 aromatic rings. The van der Waals surface area contributed by atoms with Crippen LogP contribution in [0.5, 0.6) is 0 Å². The summed E-state index contributed by atoms with van der Waals surface area (Å²) in [5.41, 5.74) is 6.92. The number of allylic oxidation sites excluding steroid dienone is 1. The first-order chi connectivity index (χ1) is 5.83. The Hall–Kier alpha value is -0.300. The summed E-state index contributed by atoms with van der Waals surface area (Å²) in [5, 5.41) is 0. The van der Waals surface area contributed by atoms with Gasteiger partial charge in [-0.3, -0.25) is 0 Å². The second kappa shape index (κ2) is 5.36. The van der Waals surface area contributed by atoms with E-state index >= 15 is 0 Å². The summed E-state index contributed by atoms with van der Waals surface area (Å²) in [5.74, 6) is 0.830. The quantitative estimate of drug-likeness (QED) is 0.496. The van der Waals surface area contributed by atoms with E-state index in [0.717, 1.165) is 12.5 Å². The number of hydrogen-bond donors (Lipinski definition) is 1. The highest BCUT2D eigenvalue weighted by molar-refractivity contribution is 5.02. The van der Waals surface area contributed by atoms with Gasteiger partial charge in [-0.25, -0.2) is 0 Å². The van der Waals surface area contributed by atoms with Gasteiger partial charge in [0.15, 0.2) is 0 Å². The third kappa shape index (κ3) is 3.40. The highest BCUT2D eigenvalue weighted by Gasteiger charge is 2.09. The average Bonchev–Trinajstić information content (AvgIpc) is 2.33. The van der Waals surface area contributed by atoms with Crippen molar-refractivity contribution in [1.29, 1.82) is 0 Å². The Morgan fingerprint density at radius 3 is 2.33 bits per heavy atom. The predicted molar refractivity (Wildman–Crippen MR) is 54.0 cm³/mol. The summed E-state index contributed by atoms with van der Waals surface area (Å²) < 4.78 is 0. The zero-order valence-electron chi connectivity index (χ0n) is 8.18. The Kier molecular flexibility index (Phi) is 4.37. The van der Waals surface area contributed by atoms with Crippen molar-refractivity contribution in [2.75, 3.05) is 6.54 Å². The molecular formula is C11H21N. The number of hydrogen-bond acceptors (Lipinski definition) is 1. The van der Waals surface area contributed by atoms with Crippen LogP contribution in [0.15, 0.2) is 11.6 Å². The molecule has 12 heavy (non-hydrogen) atoms. The second-order valence-electron chi connectivity index (χ2n) is 3.97. The molecule has 0 heterocycles. The van der Waals surface area contributed by atoms with E-state index in [-0.39, 0.29) is 0 Å². The van der Waals surface area contributed by atoms with Crippen LogP contribution < -0.4 is 5.73 Å². The molecule has 0 atom stereocenters. The average molecular weight is 167 g/mol. The molecule has 0 bridgehead atoms. The second-order valence-corrected chi connectivity index (χ2v) is 3.97. The van der Waals surface area contributed by atoms with Gasteiger partial charge < -0.3 is 5.73 Å². The Bertz CT molecular complexity index is 141. The molecule has 1 aliphatic rings. The molecule has 0 aromatic heterocycles. The minimum absolute atomic E-state index is 0.733. The molecule has 0 radical (unpaired) electrons. The van der Waals surface area contributed by atoms with E-state index in [9.17, 15) is 0 Å². The first kappa shape index (κ1) is 9.79. The molecule has 0 unspecified atom stereocenters. The number of nitrogens with two attached hydrogens (primary N) is 1. The Morgan fingerprint density at radius 1 is 1.25 bits per heavy atom. The lowest BCUT2D eigenvalue weighted by Gasteiger charge is -2.09. The van der Waals surface area contributed by atoms with Crippen molar-refractivity contribution >= 4 is 0 Å². The van der Waals surface area contributed by atoms with Crippen molar-refractivity contribution in [3.8, 4) is 0 Å². The van der Waals surface area contributed by atoms with Crippen LogP contribution in [0.2, 0.25) is 0 Å². The topological polar surface area (TPSA) is 26.0 Å². The number of rotatable bonds is 2. The van der Waals surface area contributed by atoms with Crippen LogP contribution in [-0.2, 0) is 0 Å². The van der Waals surface area contributed by atoms with E-state index < -0.39 is 0 Å². The monoisotopic (exact) mass is 167 g/mol. The fourth-order valence-corrected chi connectivity index (χ4v) is 1.95. The Balaban J connectivity index is 2.38. The maximum atomic E-state index is 5.56. The van der Waals surface area contributed by atoms with Gasteiger partial charge in [0.2, 0.25) is 0 Å². The van der Waals surface area contributed by atoms with E-state index in [1.54, 1.807) is 0 Å². The van der Waals surface area contributed by atoms with Gasteiger partial charge in [-0.15, -0.1) is 0 Å². The molecule has 0 aromatic carbocycles. The molecular weight excluding hydrogens is 146 g/mol. The third-order valence-corrected chi connectivity index (χ3v) is 2.74. The SMILES string of the molecule is C/C(=C\C1CCCCCC1)CN. The highest BCUT2D eigenvalue weighted by Crippen LogP contribution is 2.24. The summed E-state index contributed by atoms with van der Waals surface area (Å²) in [6.45, 7) is 2.88. The van der Waals surface area contributed by atoms with E-state index in [4.69, 9.17) is 5.73 Å². The standard InChI is InChI=1S/C11H21N/c1-10(9-12)8-11-6-4-2-3-5-7-11/h8,11H,2-7,9,12H2,1H3/b10-8+. The van der Waals surface area contributed by atoms with E-state index in [2.05, 4.69) is 13.0 Å². The fourth-order valence-electron chi connectivity index (χ4n) is 1.95. The minimum Gasteiger partial charge on any atom is -0.327 e. The van der Waals surface area contributed by atoms with Crippen LogP contribution >= 0.6 is 0 Å². The highest BCUT2D eigenvalue weighted by atomic mass is 14.5. The van der Waals surface area contributed by atoms with Gasteiger partial charge in [-0.1, -0.05) is 37.3 Å². The molecule has 1 heteroatoms. The summed E-state index contributed by atoms with van der Waals surface area (Å²) in [4.78, 5) is 0. The van der Waals surface area contributed by atoms with E-state index in [1.165, 1.54) is 44.1 Å². The van der Waals surface area contributed by atoms with Crippen molar-refractivity contribution in [3.05, 3.63) is 11.6 Å². The minimum atomic E-state index is 0.733. The Labute approximate surface area is 76.0 Å². The Morgan fingerprint density at radius 2 is 1.83 bits per heavy atom. The van der Waals surface area contributed by atoms with E-state index in [1.807, 2.05) is 0 Å². The fraction of sp³-hybridized carbons (Fsp3) is 0.818. The largest absolute Gasteiger partial charge is 0.327 e. The molecule has 0 saturated heterocycles. The van der Waals surface area contributed by atoms with Crippen LogP contribution in [0.4, 0.5) is 0 Å². The van der Waals surface area contributed by atoms with Crippen molar-refractivity contribution in [2.24, 2.45) is 11.7 Å². The smallest absolute Gasteiger partial charge is 0.0134 e. The lowest BCUT2D eigenvalue weighted by Crippen LogP contribution is -2.03. The van der Waals surface area contributed by atoms with Gasteiger partial charge in [0, 0.05) is 6.54 Å². The third-order valence-electron chi connectivity index (χ3n) is 2.74. The molecule has 2 N–H and O–H groups in total. The maximum Gasteiger partial charge on any atom is 0.0134 e. The van der Waals surface area contributed by atoms with Crippen LogP contribution in [0.3, 0.4) is 0 Å². The first-order valence-electron chi connectivity index (χ1n) is 5.20. The lowest BCUT2D eigenvalue weighted by atomic mass is 9.98. The molecule has 0 aliphatic heterocycles. The van der Waals surface area contributed by atoms with Crippen molar-refractivity contribution in [2.45, 2.75) is 45.4 Å². The normalized spacial score (nSPS) is 22.3. The van der Waals surface area contributed by atoms with Gasteiger partial charge in [0.05, 0.1) is 0 Å². The van der Waals surface area contributed by atoms with Gasteiger partial charge >= 0.3 is 0 Å². The van der Waals surface area contributed by atoms with Gasteiger partial charge in [-0.2, -0.15) is 0 Å². The molecule has 1 saturated carbocycles. The summed E-state index contributed by atoms with van der Waals surface area (Å²) in [6.07, 6.45) is 10.9. The van der Waals surface area contributed by atoms with E-state index in [0.29, 0.717) is 0 Å².